The molecule has 0 radical (unpaired) electrons. The molecule has 0 saturated carbocycles. The minimum atomic E-state index is 0.626. The first-order chi connectivity index (χ1) is 8.97. The number of nitrogens with zero attached hydrogens (tertiary/aromatic N) is 1. The van der Waals surface area contributed by atoms with E-state index < -0.39 is 0 Å². The summed E-state index contributed by atoms with van der Waals surface area (Å²) in [5, 5.41) is 1.32. The van der Waals surface area contributed by atoms with Gasteiger partial charge in [0.2, 0.25) is 0 Å². The Morgan fingerprint density at radius 3 is 2.32 bits per heavy atom. The van der Waals surface area contributed by atoms with Crippen LogP contribution < -0.4 is 0 Å². The summed E-state index contributed by atoms with van der Waals surface area (Å²) >= 11 is 12.6. The molecule has 19 heavy (non-hydrogen) atoms. The van der Waals surface area contributed by atoms with Crippen molar-refractivity contribution in [2.45, 2.75) is 47.0 Å². The molecule has 0 amide bonds. The van der Waals surface area contributed by atoms with Gasteiger partial charge in [0.25, 0.3) is 0 Å². The number of allylic oxidation sites excluding steroid dienone is 4. The summed E-state index contributed by atoms with van der Waals surface area (Å²) in [5.41, 5.74) is 0.909. The van der Waals surface area contributed by atoms with Crippen LogP contribution in [-0.2, 0) is 0 Å². The highest BCUT2D eigenvalue weighted by Gasteiger charge is 2.15. The van der Waals surface area contributed by atoms with E-state index in [1.165, 1.54) is 6.42 Å². The number of halogens is 2. The van der Waals surface area contributed by atoms with Crippen LogP contribution in [0.3, 0.4) is 0 Å². The van der Waals surface area contributed by atoms with E-state index in [2.05, 4.69) is 32.3 Å². The summed E-state index contributed by atoms with van der Waals surface area (Å²) in [6.07, 6.45) is 6.98. The van der Waals surface area contributed by atoms with Gasteiger partial charge in [-0.2, -0.15) is 0 Å². The third-order valence-electron chi connectivity index (χ3n) is 2.90. The van der Waals surface area contributed by atoms with Crippen molar-refractivity contribution in [2.75, 3.05) is 13.1 Å². The Hall–Kier alpha value is -0.400. The first kappa shape index (κ1) is 18.6. The van der Waals surface area contributed by atoms with E-state index in [1.54, 1.807) is 6.08 Å². The summed E-state index contributed by atoms with van der Waals surface area (Å²) in [7, 11) is 0. The second-order valence-corrected chi connectivity index (χ2v) is 5.87. The van der Waals surface area contributed by atoms with Gasteiger partial charge in [-0.3, -0.25) is 0 Å². The molecule has 0 aliphatic rings. The number of hydrogen-bond acceptors (Lipinski definition) is 1. The standard InChI is InChI=1S/C16H27Cl2N/c1-6-11-19(12-9-10-13(4)5)16(14(17)7-2)15(18)8-3/h7-8,13H,2,6,9-12H2,1,3-5H3/b15-8+,16-14-. The molecular weight excluding hydrogens is 277 g/mol. The third-order valence-corrected chi connectivity index (χ3v) is 3.63. The lowest BCUT2D eigenvalue weighted by molar-refractivity contribution is 0.333. The molecule has 0 rings (SSSR count). The quantitative estimate of drug-likeness (QED) is 0.478. The molecule has 0 bridgehead atoms. The third kappa shape index (κ3) is 7.08. The molecule has 0 spiro atoms. The summed E-state index contributed by atoms with van der Waals surface area (Å²) in [4.78, 5) is 2.27. The molecule has 0 atom stereocenters. The molecule has 0 aliphatic carbocycles. The first-order valence-electron chi connectivity index (χ1n) is 7.07. The highest BCUT2D eigenvalue weighted by Crippen LogP contribution is 2.26. The minimum absolute atomic E-state index is 0.626. The van der Waals surface area contributed by atoms with E-state index in [4.69, 9.17) is 23.2 Å². The van der Waals surface area contributed by atoms with Crippen LogP contribution in [0.5, 0.6) is 0 Å². The topological polar surface area (TPSA) is 3.24 Å². The van der Waals surface area contributed by atoms with Crippen molar-refractivity contribution < 1.29 is 0 Å². The number of hydrogen-bond donors (Lipinski definition) is 0. The van der Waals surface area contributed by atoms with Crippen LogP contribution in [0.25, 0.3) is 0 Å². The molecule has 0 aromatic heterocycles. The van der Waals surface area contributed by atoms with Crippen molar-refractivity contribution in [3.8, 4) is 0 Å². The van der Waals surface area contributed by atoms with Gasteiger partial charge in [-0.1, -0.05) is 56.6 Å². The molecular formula is C16H27Cl2N. The van der Waals surface area contributed by atoms with E-state index >= 15 is 0 Å². The van der Waals surface area contributed by atoms with E-state index in [9.17, 15) is 0 Å². The van der Waals surface area contributed by atoms with Crippen LogP contribution in [0.15, 0.2) is 34.5 Å². The second-order valence-electron chi connectivity index (χ2n) is 5.06. The SMILES string of the molecule is C=C/C(Cl)=C(\C(Cl)=C/C)N(CCC)CCCC(C)C. The van der Waals surface area contributed by atoms with Crippen molar-refractivity contribution in [3.05, 3.63) is 34.5 Å². The molecule has 0 saturated heterocycles. The van der Waals surface area contributed by atoms with Gasteiger partial charge < -0.3 is 4.90 Å². The Labute approximate surface area is 129 Å². The molecule has 0 fully saturated rings. The molecule has 0 unspecified atom stereocenters. The highest BCUT2D eigenvalue weighted by atomic mass is 35.5. The first-order valence-corrected chi connectivity index (χ1v) is 7.82. The van der Waals surface area contributed by atoms with Crippen LogP contribution in [0.1, 0.15) is 47.0 Å². The monoisotopic (exact) mass is 303 g/mol. The lowest BCUT2D eigenvalue weighted by atomic mass is 10.1. The second kappa shape index (κ2) is 10.4. The molecule has 0 aromatic carbocycles. The Kier molecular flexibility index (Phi) is 10.2. The predicted molar refractivity (Wildman–Crippen MR) is 88.6 cm³/mol. The van der Waals surface area contributed by atoms with Crippen LogP contribution in [0.4, 0.5) is 0 Å². The maximum Gasteiger partial charge on any atom is 0.0741 e. The zero-order chi connectivity index (χ0) is 14.8. The normalized spacial score (nSPS) is 13.5. The molecule has 0 heterocycles. The summed E-state index contributed by atoms with van der Waals surface area (Å²) in [6, 6.07) is 0. The van der Waals surface area contributed by atoms with Crippen LogP contribution in [0, 0.1) is 5.92 Å². The van der Waals surface area contributed by atoms with E-state index in [1.807, 2.05) is 13.0 Å². The van der Waals surface area contributed by atoms with Gasteiger partial charge in [0, 0.05) is 13.1 Å². The molecule has 3 heteroatoms. The Morgan fingerprint density at radius 1 is 1.26 bits per heavy atom. The molecule has 0 aliphatic heterocycles. The summed E-state index contributed by atoms with van der Waals surface area (Å²) in [6.45, 7) is 14.3. The Morgan fingerprint density at radius 2 is 1.89 bits per heavy atom. The summed E-state index contributed by atoms with van der Waals surface area (Å²) in [5.74, 6) is 0.725. The Bertz CT molecular complexity index is 330. The van der Waals surface area contributed by atoms with Gasteiger partial charge in [0.15, 0.2) is 0 Å². The van der Waals surface area contributed by atoms with Gasteiger partial charge >= 0.3 is 0 Å². The Balaban J connectivity index is 5.02. The van der Waals surface area contributed by atoms with Crippen LogP contribution in [0.2, 0.25) is 0 Å². The maximum atomic E-state index is 6.31. The van der Waals surface area contributed by atoms with Gasteiger partial charge in [-0.25, -0.2) is 0 Å². The predicted octanol–water partition coefficient (Wildman–Crippen LogP) is 5.91. The lowest BCUT2D eigenvalue weighted by Gasteiger charge is -2.28. The summed E-state index contributed by atoms with van der Waals surface area (Å²) < 4.78 is 0. The lowest BCUT2D eigenvalue weighted by Crippen LogP contribution is -2.26. The van der Waals surface area contributed by atoms with Crippen molar-refractivity contribution in [1.29, 1.82) is 0 Å². The zero-order valence-corrected chi connectivity index (χ0v) is 14.2. The van der Waals surface area contributed by atoms with Crippen molar-refractivity contribution in [2.24, 2.45) is 5.92 Å². The molecule has 1 nitrogen and oxygen atoms in total. The van der Waals surface area contributed by atoms with E-state index in [0.717, 1.165) is 37.5 Å². The largest absolute Gasteiger partial charge is 0.369 e. The fraction of sp³-hybridized carbons (Fsp3) is 0.625. The van der Waals surface area contributed by atoms with Gasteiger partial charge in [-0.05, 0) is 38.2 Å². The van der Waals surface area contributed by atoms with Crippen molar-refractivity contribution in [1.82, 2.24) is 4.90 Å². The van der Waals surface area contributed by atoms with Crippen molar-refractivity contribution in [3.63, 3.8) is 0 Å². The molecule has 0 aromatic rings. The van der Waals surface area contributed by atoms with Crippen molar-refractivity contribution >= 4 is 23.2 Å². The fourth-order valence-corrected chi connectivity index (χ4v) is 2.44. The average Bonchev–Trinajstić information content (AvgIpc) is 2.37. The van der Waals surface area contributed by atoms with E-state index in [-0.39, 0.29) is 0 Å². The smallest absolute Gasteiger partial charge is 0.0741 e. The molecule has 110 valence electrons. The van der Waals surface area contributed by atoms with Gasteiger partial charge in [0.05, 0.1) is 15.8 Å². The fourth-order valence-electron chi connectivity index (χ4n) is 1.95. The van der Waals surface area contributed by atoms with Gasteiger partial charge in [0.1, 0.15) is 0 Å². The number of rotatable bonds is 9. The zero-order valence-electron chi connectivity index (χ0n) is 12.7. The van der Waals surface area contributed by atoms with E-state index in [0.29, 0.717) is 10.1 Å². The van der Waals surface area contributed by atoms with Crippen LogP contribution in [-0.4, -0.2) is 18.0 Å². The average molecular weight is 304 g/mol. The van der Waals surface area contributed by atoms with Gasteiger partial charge in [-0.15, -0.1) is 0 Å². The minimum Gasteiger partial charge on any atom is -0.369 e. The van der Waals surface area contributed by atoms with Crippen LogP contribution >= 0.6 is 23.2 Å². The molecule has 0 N–H and O–H groups in total. The highest BCUT2D eigenvalue weighted by molar-refractivity contribution is 6.36. The maximum absolute atomic E-state index is 6.31.